The molecule has 625 valence electrons. The van der Waals surface area contributed by atoms with Crippen LogP contribution in [-0.2, 0) is 17.9 Å². The summed E-state index contributed by atoms with van der Waals surface area (Å²) >= 11 is 0. The molecule has 121 heavy (non-hydrogen) atoms. The molecule has 14 rings (SSSR count). The zero-order valence-electron chi connectivity index (χ0n) is 66.0. The van der Waals surface area contributed by atoms with Crippen LogP contribution in [0.1, 0.15) is 83.7 Å². The van der Waals surface area contributed by atoms with Crippen molar-refractivity contribution in [3.63, 3.8) is 0 Å². The smallest absolute Gasteiger partial charge is 0.317 e. The van der Waals surface area contributed by atoms with Crippen molar-refractivity contribution in [3.8, 4) is 45.0 Å². The Hall–Kier alpha value is -13.1. The fourth-order valence-corrected chi connectivity index (χ4v) is 12.0. The molecule has 0 saturated carbocycles. The standard InChI is InChI=1S/C26H26N5O2P.2C19H20N4O.C18H18N4O.C8H8NOP.4CH4.B.H2/c1-31(26(33)29-17-18-5-8-21(34)9-6-18)16-15-28-25(32)22-4-2-3-20-7-10-23(30-24(20)22)19-11-13-27-14-12-19;2*1-23(2)13-12-21-19(24)16-5-3-4-15-6-7-17(22-18(15)16)14-8-10-20-11-9-14;1-19-11-12-21-18(23)15-4-2-3-14-5-6-16(22-17(14)15)13-7-9-20-10-8-13;10-6-9-5-7-1-3-8(11)4-2-7;;;;;;/h2-14H,15-17,34H2,1H3,(H,28,32)(H,29,33);2*3-11H,12-13H2,1-2H3,(H,21,24);2-10,19H,11-12H2,1H3,(H,21,23);1-4H,5,11H2;4*1H4;;1H/i;2*1-1;;;;;;;;1+1. The highest BCUT2D eigenvalue weighted by molar-refractivity contribution is 7.27. The van der Waals surface area contributed by atoms with Crippen LogP contribution in [0.5, 0.6) is 0 Å². The van der Waals surface area contributed by atoms with Gasteiger partial charge in [-0.25, -0.2) is 34.5 Å². The van der Waals surface area contributed by atoms with Gasteiger partial charge in [0.25, 0.3) is 23.6 Å². The number of pyridine rings is 8. The minimum atomic E-state index is -0.226. The second-order valence-corrected chi connectivity index (χ2v) is 28.3. The summed E-state index contributed by atoms with van der Waals surface area (Å²) in [5.41, 5.74) is 14.3. The van der Waals surface area contributed by atoms with Crippen LogP contribution in [0.25, 0.3) is 88.6 Å². The number of nitrogens with one attached hydrogen (secondary N) is 6. The molecular formula is C94H110BN18O6P2. The maximum atomic E-state index is 12.9. The normalized spacial score (nSPS) is 10.2. The number of carbonyl (C=O) groups excluding carboxylic acids is 6. The minimum Gasteiger partial charge on any atom is -0.351 e. The number of fused-ring (bicyclic) bond motifs is 4. The van der Waals surface area contributed by atoms with Gasteiger partial charge in [-0.1, -0.05) is 151 Å². The van der Waals surface area contributed by atoms with Gasteiger partial charge < -0.3 is 46.6 Å². The summed E-state index contributed by atoms with van der Waals surface area (Å²) < 4.78 is 0. The number of hydrogen-bond donors (Lipinski definition) is 6. The first-order valence-corrected chi connectivity index (χ1v) is 38.6. The number of rotatable bonds is 24. The van der Waals surface area contributed by atoms with Crippen molar-refractivity contribution in [2.75, 3.05) is 94.6 Å². The second kappa shape index (κ2) is 51.3. The van der Waals surface area contributed by atoms with Crippen molar-refractivity contribution >= 4 is 117 Å². The quantitative estimate of drug-likeness (QED) is 0.0108. The van der Waals surface area contributed by atoms with E-state index in [1.807, 2.05) is 251 Å². The van der Waals surface area contributed by atoms with E-state index >= 15 is 0 Å². The average molecular weight is 1660 g/mol. The molecule has 6 aromatic carbocycles. The molecule has 8 aromatic heterocycles. The SMILES string of the molecule is C.C.C.C.CN(CCNC(=O)c1cccc2ccc(-c3ccncc3)nc12)C(=O)NCc1ccc(P)cc1.CN([11CH3])CCNC(=O)c1cccc2ccc(-c3ccncc3)nc12.CN([11CH3])CCNC(=O)c1cccc2ccc(-c3ccncc3)nc12.CNCCNC(=O)c1cccc2ccc(-c3ccncc3)nc12.O=C=NCc1ccc(P)cc1.[2HH].[B]. The van der Waals surface area contributed by atoms with E-state index in [4.69, 9.17) is 19.9 Å². The minimum absolute atomic E-state index is 0. The van der Waals surface area contributed by atoms with Gasteiger partial charge in [0.15, 0.2) is 0 Å². The molecule has 0 aliphatic rings. The molecule has 8 heterocycles. The highest BCUT2D eigenvalue weighted by atomic mass is 31.0. The van der Waals surface area contributed by atoms with Crippen molar-refractivity contribution in [2.45, 2.75) is 42.8 Å². The third-order valence-electron chi connectivity index (χ3n) is 17.9. The van der Waals surface area contributed by atoms with Crippen LogP contribution in [0, 0.1) is 0 Å². The van der Waals surface area contributed by atoms with Crippen LogP contribution in [-0.4, -0.2) is 193 Å². The lowest BCUT2D eigenvalue weighted by Crippen LogP contribution is -2.41. The molecule has 2 unspecified atom stereocenters. The molecular weight excluding hydrogens is 1550 g/mol. The van der Waals surface area contributed by atoms with Gasteiger partial charge in [-0.3, -0.25) is 39.1 Å². The number of amides is 6. The van der Waals surface area contributed by atoms with Gasteiger partial charge in [0.1, 0.15) is 0 Å². The van der Waals surface area contributed by atoms with Gasteiger partial charge in [-0.05, 0) is 154 Å². The molecule has 0 aliphatic carbocycles. The van der Waals surface area contributed by atoms with E-state index in [2.05, 4.69) is 75.3 Å². The third kappa shape index (κ3) is 29.7. The molecule has 6 amide bonds. The van der Waals surface area contributed by atoms with Crippen molar-refractivity contribution < 1.29 is 30.2 Å². The number of isocyanates is 1. The summed E-state index contributed by atoms with van der Waals surface area (Å²) in [7, 11) is 16.7. The van der Waals surface area contributed by atoms with Crippen molar-refractivity contribution in [1.29, 1.82) is 0 Å². The zero-order chi connectivity index (χ0) is 82.0. The Bertz CT molecular complexity index is 5520. The molecule has 2 atom stereocenters. The first-order valence-electron chi connectivity index (χ1n) is 37.4. The average Bonchev–Trinajstić information content (AvgIpc) is 0.812. The largest absolute Gasteiger partial charge is 0.351 e. The van der Waals surface area contributed by atoms with Crippen LogP contribution in [0.3, 0.4) is 0 Å². The van der Waals surface area contributed by atoms with Crippen LogP contribution >= 0.6 is 18.5 Å². The predicted molar refractivity (Wildman–Crippen MR) is 503 cm³/mol. The number of hydrogen-bond acceptors (Lipinski definition) is 18. The Labute approximate surface area is 718 Å². The third-order valence-corrected chi connectivity index (χ3v) is 18.7. The van der Waals surface area contributed by atoms with Crippen LogP contribution < -0.4 is 42.5 Å². The summed E-state index contributed by atoms with van der Waals surface area (Å²) in [5.74, 6) is -0.523. The van der Waals surface area contributed by atoms with E-state index in [-0.39, 0.29) is 69.2 Å². The van der Waals surface area contributed by atoms with Gasteiger partial charge in [-0.2, -0.15) is 0 Å². The highest BCUT2D eigenvalue weighted by Gasteiger charge is 2.18. The fraction of sp³-hybridized carbons (Fsp3) is 0.213. The van der Waals surface area contributed by atoms with Crippen molar-refractivity contribution in [3.05, 3.63) is 301 Å². The number of urea groups is 1. The molecule has 0 fully saturated rings. The van der Waals surface area contributed by atoms with E-state index in [9.17, 15) is 28.8 Å². The summed E-state index contributed by atoms with van der Waals surface area (Å²) in [4.78, 5) is 116. The topological polar surface area (TPSA) is 300 Å². The van der Waals surface area contributed by atoms with Crippen molar-refractivity contribution in [2.24, 2.45) is 4.99 Å². The van der Waals surface area contributed by atoms with Gasteiger partial charge in [0.2, 0.25) is 6.08 Å². The van der Waals surface area contributed by atoms with Gasteiger partial charge in [-0.15, -0.1) is 18.5 Å². The van der Waals surface area contributed by atoms with E-state index in [1.165, 1.54) is 6.08 Å². The number of para-hydroxylation sites is 4. The highest BCUT2D eigenvalue weighted by Crippen LogP contribution is 2.28. The predicted octanol–water partition coefficient (Wildman–Crippen LogP) is 14.2. The van der Waals surface area contributed by atoms with E-state index in [0.29, 0.717) is 90.1 Å². The van der Waals surface area contributed by atoms with Crippen LogP contribution in [0.4, 0.5) is 4.79 Å². The Morgan fingerprint density at radius 3 is 0.942 bits per heavy atom. The number of likely N-dealkylation sites (N-methyl/N-ethyl adjacent to an activating group) is 4. The number of nitrogens with zero attached hydrogens (tertiary/aromatic N) is 12. The van der Waals surface area contributed by atoms with E-state index in [1.54, 1.807) is 73.7 Å². The molecule has 0 aliphatic heterocycles. The molecule has 0 bridgehead atoms. The maximum Gasteiger partial charge on any atom is 0.317 e. The van der Waals surface area contributed by atoms with Gasteiger partial charge in [0.05, 0.1) is 73.6 Å². The Balaban J connectivity index is 0.000000326. The monoisotopic (exact) mass is 1660 g/mol. The maximum absolute atomic E-state index is 12.9. The van der Waals surface area contributed by atoms with E-state index in [0.717, 1.165) is 108 Å². The first kappa shape index (κ1) is 98.5. The van der Waals surface area contributed by atoms with Crippen molar-refractivity contribution in [1.82, 2.24) is 86.5 Å². The lowest BCUT2D eigenvalue weighted by Gasteiger charge is -2.18. The summed E-state index contributed by atoms with van der Waals surface area (Å²) in [6.07, 6.45) is 15.3. The van der Waals surface area contributed by atoms with Gasteiger partial charge >= 0.3 is 6.03 Å². The Morgan fingerprint density at radius 1 is 0.364 bits per heavy atom. The molecule has 6 N–H and O–H groups in total. The van der Waals surface area contributed by atoms with Gasteiger partial charge in [0, 0.05) is 169 Å². The van der Waals surface area contributed by atoms with E-state index < -0.39 is 0 Å². The summed E-state index contributed by atoms with van der Waals surface area (Å²) in [6.45, 7) is 5.68. The fourth-order valence-electron chi connectivity index (χ4n) is 11.7. The van der Waals surface area contributed by atoms with Crippen LogP contribution in [0.2, 0.25) is 0 Å². The molecule has 14 aromatic rings. The zero-order valence-corrected chi connectivity index (χ0v) is 68.3. The lowest BCUT2D eigenvalue weighted by atomic mass is 10.1. The summed E-state index contributed by atoms with van der Waals surface area (Å²) in [6, 6.07) is 69.0. The molecule has 0 saturated heterocycles. The Morgan fingerprint density at radius 2 is 0.653 bits per heavy atom. The second-order valence-electron chi connectivity index (χ2n) is 26.9. The molecule has 27 heteroatoms. The van der Waals surface area contributed by atoms with Crippen LogP contribution in [0.15, 0.2) is 273 Å². The summed E-state index contributed by atoms with van der Waals surface area (Å²) in [5, 5.41) is 23.6. The Kier molecular flexibility index (Phi) is 41.7. The number of aliphatic imine (C=N–C) groups is 1. The first-order chi connectivity index (χ1) is 56.4. The number of aromatic nitrogens is 8. The lowest BCUT2D eigenvalue weighted by molar-refractivity contribution is 0.0944. The number of benzene rings is 6. The number of carbonyl (C=O) groups is 5. The molecule has 3 radical (unpaired) electrons. The molecule has 24 nitrogen and oxygen atoms in total. The molecule has 0 spiro atoms.